The fourth-order valence-corrected chi connectivity index (χ4v) is 4.36. The summed E-state index contributed by atoms with van der Waals surface area (Å²) in [4.78, 5) is 29.2. The summed E-state index contributed by atoms with van der Waals surface area (Å²) in [6.45, 7) is 5.49. The first-order chi connectivity index (χ1) is 14.4. The van der Waals surface area contributed by atoms with E-state index in [1.165, 1.54) is 7.11 Å². The summed E-state index contributed by atoms with van der Waals surface area (Å²) in [6.07, 6.45) is 0.533. The molecule has 0 aliphatic carbocycles. The van der Waals surface area contributed by atoms with Crippen LogP contribution in [0.15, 0.2) is 46.8 Å². The molecule has 0 aromatic heterocycles. The summed E-state index contributed by atoms with van der Waals surface area (Å²) in [5.74, 6) is -2.44. The molecule has 8 heteroatoms. The maximum absolute atomic E-state index is 12.7. The lowest BCUT2D eigenvalue weighted by molar-refractivity contribution is -0.136. The van der Waals surface area contributed by atoms with Crippen molar-refractivity contribution < 1.29 is 24.2 Å². The number of benzene rings is 1. The molecule has 30 heavy (non-hydrogen) atoms. The van der Waals surface area contributed by atoms with Gasteiger partial charge in [0.15, 0.2) is 0 Å². The van der Waals surface area contributed by atoms with E-state index >= 15 is 0 Å². The van der Waals surface area contributed by atoms with Crippen LogP contribution in [0.2, 0.25) is 5.02 Å². The topological polar surface area (TPSA) is 79.3 Å². The van der Waals surface area contributed by atoms with Crippen LogP contribution in [0.5, 0.6) is 0 Å². The van der Waals surface area contributed by atoms with E-state index in [1.54, 1.807) is 36.2 Å². The fraction of sp³-hybridized carbons (Fsp3) is 0.455. The first-order valence-electron chi connectivity index (χ1n) is 9.90. The summed E-state index contributed by atoms with van der Waals surface area (Å²) >= 11 is 6.45. The first-order valence-corrected chi connectivity index (χ1v) is 10.3. The maximum atomic E-state index is 12.7. The minimum atomic E-state index is -1.07. The Bertz CT molecular complexity index is 889. The number of morpholine rings is 1. The highest BCUT2D eigenvalue weighted by Crippen LogP contribution is 2.44. The number of rotatable bonds is 6. The van der Waals surface area contributed by atoms with Gasteiger partial charge in [0.2, 0.25) is 0 Å². The van der Waals surface area contributed by atoms with Crippen molar-refractivity contribution >= 4 is 23.5 Å². The second-order valence-corrected chi connectivity index (χ2v) is 7.78. The van der Waals surface area contributed by atoms with Gasteiger partial charge in [-0.2, -0.15) is 0 Å². The van der Waals surface area contributed by atoms with Gasteiger partial charge in [-0.25, -0.2) is 9.59 Å². The van der Waals surface area contributed by atoms with Crippen LogP contribution in [-0.2, 0) is 19.1 Å². The van der Waals surface area contributed by atoms with Gasteiger partial charge in [0, 0.05) is 49.5 Å². The number of hydrogen-bond donors (Lipinski definition) is 1. The standard InChI is InChI=1S/C22H27ClN2O5/c1-14-18(22(28)29-3)19(15-6-4-5-7-16(15)23)20(21(26)27)17(24(14)2)8-9-25-10-12-30-13-11-25/h4-7,19H,8-13H2,1-3H3,(H,26,27). The fourth-order valence-electron chi connectivity index (χ4n) is 4.12. The first kappa shape index (κ1) is 22.3. The van der Waals surface area contributed by atoms with Crippen LogP contribution >= 0.6 is 11.6 Å². The molecule has 1 aromatic rings. The summed E-state index contributed by atoms with van der Waals surface area (Å²) in [6, 6.07) is 7.03. The molecule has 1 unspecified atom stereocenters. The van der Waals surface area contributed by atoms with Gasteiger partial charge in [-0.3, -0.25) is 4.90 Å². The van der Waals surface area contributed by atoms with E-state index < -0.39 is 17.9 Å². The molecule has 0 bridgehead atoms. The van der Waals surface area contributed by atoms with Crippen LogP contribution in [0, 0.1) is 0 Å². The van der Waals surface area contributed by atoms with Gasteiger partial charge in [0.1, 0.15) is 0 Å². The predicted octanol–water partition coefficient (Wildman–Crippen LogP) is 2.88. The third-order valence-electron chi connectivity index (χ3n) is 5.81. The Morgan fingerprint density at radius 3 is 2.50 bits per heavy atom. The van der Waals surface area contributed by atoms with E-state index in [0.29, 0.717) is 53.7 Å². The highest BCUT2D eigenvalue weighted by molar-refractivity contribution is 6.31. The molecule has 2 aliphatic rings. The maximum Gasteiger partial charge on any atom is 0.336 e. The number of carbonyl (C=O) groups excluding carboxylic acids is 1. The Kier molecular flexibility index (Phi) is 7.18. The average Bonchev–Trinajstić information content (AvgIpc) is 2.74. The number of ether oxygens (including phenoxy) is 2. The van der Waals surface area contributed by atoms with Crippen LogP contribution in [0.4, 0.5) is 0 Å². The van der Waals surface area contributed by atoms with Crippen molar-refractivity contribution in [2.45, 2.75) is 19.3 Å². The second kappa shape index (κ2) is 9.64. The lowest BCUT2D eigenvalue weighted by Crippen LogP contribution is -2.39. The molecule has 0 saturated carbocycles. The van der Waals surface area contributed by atoms with Crippen LogP contribution < -0.4 is 0 Å². The smallest absolute Gasteiger partial charge is 0.336 e. The third-order valence-corrected chi connectivity index (χ3v) is 6.15. The Morgan fingerprint density at radius 1 is 1.23 bits per heavy atom. The molecule has 162 valence electrons. The molecule has 7 nitrogen and oxygen atoms in total. The average molecular weight is 435 g/mol. The molecule has 2 aliphatic heterocycles. The van der Waals surface area contributed by atoms with E-state index in [9.17, 15) is 14.7 Å². The van der Waals surface area contributed by atoms with E-state index in [-0.39, 0.29) is 5.57 Å². The van der Waals surface area contributed by atoms with Gasteiger partial charge in [-0.1, -0.05) is 29.8 Å². The van der Waals surface area contributed by atoms with Gasteiger partial charge >= 0.3 is 11.9 Å². The quantitative estimate of drug-likeness (QED) is 0.689. The molecule has 1 N–H and O–H groups in total. The minimum absolute atomic E-state index is 0.157. The number of hydrogen-bond acceptors (Lipinski definition) is 6. The molecule has 1 fully saturated rings. The normalized spacial score (nSPS) is 20.5. The molecule has 1 atom stereocenters. The van der Waals surface area contributed by atoms with Crippen molar-refractivity contribution in [2.24, 2.45) is 0 Å². The molecule has 1 aromatic carbocycles. The summed E-state index contributed by atoms with van der Waals surface area (Å²) in [5.41, 5.74) is 2.36. The molecule has 3 rings (SSSR count). The van der Waals surface area contributed by atoms with Crippen LogP contribution in [0.1, 0.15) is 24.8 Å². The summed E-state index contributed by atoms with van der Waals surface area (Å²) in [5, 5.41) is 10.6. The van der Waals surface area contributed by atoms with Crippen molar-refractivity contribution in [3.05, 3.63) is 57.4 Å². The SMILES string of the molecule is COC(=O)C1=C(C)N(C)C(CCN2CCOCC2)=C(C(=O)O)C1c1ccccc1Cl. The zero-order valence-electron chi connectivity index (χ0n) is 17.5. The molecular formula is C22H27ClN2O5. The van der Waals surface area contributed by atoms with Crippen LogP contribution in [-0.4, -0.2) is 73.9 Å². The number of methoxy groups -OCH3 is 1. The number of carboxylic acids is 1. The number of halogens is 1. The van der Waals surface area contributed by atoms with Crippen LogP contribution in [0.3, 0.4) is 0 Å². The molecule has 0 spiro atoms. The Balaban J connectivity index is 2.10. The van der Waals surface area contributed by atoms with E-state index in [1.807, 2.05) is 6.92 Å². The van der Waals surface area contributed by atoms with Gasteiger partial charge in [-0.15, -0.1) is 0 Å². The third kappa shape index (κ3) is 4.38. The summed E-state index contributed by atoms with van der Waals surface area (Å²) < 4.78 is 10.4. The predicted molar refractivity (Wildman–Crippen MR) is 113 cm³/mol. The van der Waals surface area contributed by atoms with Crippen molar-refractivity contribution in [3.63, 3.8) is 0 Å². The van der Waals surface area contributed by atoms with E-state index in [2.05, 4.69) is 4.90 Å². The Hall–Kier alpha value is -2.35. The van der Waals surface area contributed by atoms with Gasteiger partial charge in [-0.05, 0) is 18.6 Å². The van der Waals surface area contributed by atoms with Crippen molar-refractivity contribution in [2.75, 3.05) is 47.0 Å². The number of allylic oxidation sites excluding steroid dienone is 1. The van der Waals surface area contributed by atoms with Gasteiger partial charge in [0.25, 0.3) is 0 Å². The number of esters is 1. The second-order valence-electron chi connectivity index (χ2n) is 7.37. The zero-order valence-corrected chi connectivity index (χ0v) is 18.2. The summed E-state index contributed by atoms with van der Waals surface area (Å²) in [7, 11) is 3.09. The number of aliphatic carboxylic acids is 1. The van der Waals surface area contributed by atoms with Crippen LogP contribution in [0.25, 0.3) is 0 Å². The lowest BCUT2D eigenvalue weighted by Gasteiger charge is -2.37. The van der Waals surface area contributed by atoms with Crippen molar-refractivity contribution in [1.29, 1.82) is 0 Å². The molecule has 1 saturated heterocycles. The molecular weight excluding hydrogens is 408 g/mol. The molecule has 2 heterocycles. The van der Waals surface area contributed by atoms with Gasteiger partial charge in [0.05, 0.1) is 37.4 Å². The van der Waals surface area contributed by atoms with Crippen molar-refractivity contribution in [3.8, 4) is 0 Å². The number of nitrogens with zero attached hydrogens (tertiary/aromatic N) is 2. The largest absolute Gasteiger partial charge is 0.478 e. The molecule has 0 amide bonds. The Morgan fingerprint density at radius 2 is 1.90 bits per heavy atom. The number of carbonyl (C=O) groups is 2. The van der Waals surface area contributed by atoms with Gasteiger partial charge < -0.3 is 19.5 Å². The monoisotopic (exact) mass is 434 g/mol. The van der Waals surface area contributed by atoms with E-state index in [4.69, 9.17) is 21.1 Å². The number of carboxylic acid groups (broad SMARTS) is 1. The lowest BCUT2D eigenvalue weighted by atomic mass is 9.79. The van der Waals surface area contributed by atoms with Crippen molar-refractivity contribution in [1.82, 2.24) is 9.80 Å². The molecule has 0 radical (unpaired) electrons. The highest BCUT2D eigenvalue weighted by atomic mass is 35.5. The minimum Gasteiger partial charge on any atom is -0.478 e. The highest BCUT2D eigenvalue weighted by Gasteiger charge is 2.40. The van der Waals surface area contributed by atoms with E-state index in [0.717, 1.165) is 13.1 Å². The zero-order chi connectivity index (χ0) is 21.8. The Labute approximate surface area is 181 Å².